The minimum absolute atomic E-state index is 0.0740. The summed E-state index contributed by atoms with van der Waals surface area (Å²) in [5, 5.41) is 6.32. The van der Waals surface area contributed by atoms with Crippen molar-refractivity contribution in [3.8, 4) is 0 Å². The molecular formula is C19H25N3O3S. The van der Waals surface area contributed by atoms with Gasteiger partial charge in [0.1, 0.15) is 5.69 Å². The van der Waals surface area contributed by atoms with Gasteiger partial charge >= 0.3 is 0 Å². The van der Waals surface area contributed by atoms with Gasteiger partial charge in [-0.3, -0.25) is 9.59 Å². The fourth-order valence-corrected chi connectivity index (χ4v) is 3.76. The molecule has 1 aliphatic heterocycles. The molecule has 0 radical (unpaired) electrons. The van der Waals surface area contributed by atoms with Crippen LogP contribution < -0.4 is 5.56 Å². The monoisotopic (exact) mass is 375 g/mol. The molecule has 1 aliphatic rings. The largest absolute Gasteiger partial charge is 0.376 e. The van der Waals surface area contributed by atoms with E-state index in [1.807, 2.05) is 17.5 Å². The van der Waals surface area contributed by atoms with Crippen molar-refractivity contribution in [3.05, 3.63) is 50.6 Å². The number of amides is 1. The van der Waals surface area contributed by atoms with Crippen molar-refractivity contribution in [3.63, 3.8) is 0 Å². The Labute approximate surface area is 157 Å². The van der Waals surface area contributed by atoms with Crippen LogP contribution in [0.4, 0.5) is 0 Å². The number of ether oxygens (including phenoxy) is 1. The summed E-state index contributed by atoms with van der Waals surface area (Å²) in [6.45, 7) is 4.43. The molecule has 3 heterocycles. The van der Waals surface area contributed by atoms with Crippen LogP contribution in [0.5, 0.6) is 0 Å². The molecule has 1 saturated heterocycles. The second kappa shape index (κ2) is 9.09. The van der Waals surface area contributed by atoms with E-state index in [1.54, 1.807) is 16.2 Å². The molecule has 1 amide bonds. The number of carbonyl (C=O) groups is 1. The maximum Gasteiger partial charge on any atom is 0.274 e. The zero-order valence-electron chi connectivity index (χ0n) is 15.1. The van der Waals surface area contributed by atoms with Gasteiger partial charge in [0.15, 0.2) is 0 Å². The summed E-state index contributed by atoms with van der Waals surface area (Å²) < 4.78 is 7.11. The first kappa shape index (κ1) is 18.8. The van der Waals surface area contributed by atoms with Gasteiger partial charge in [-0.1, -0.05) is 19.4 Å². The molecule has 3 rings (SSSR count). The van der Waals surface area contributed by atoms with Gasteiger partial charge in [-0.25, -0.2) is 4.68 Å². The number of rotatable bonds is 8. The topological polar surface area (TPSA) is 64.4 Å². The molecule has 0 aliphatic carbocycles. The smallest absolute Gasteiger partial charge is 0.274 e. The van der Waals surface area contributed by atoms with E-state index < -0.39 is 0 Å². The Balaban J connectivity index is 1.80. The molecule has 2 aromatic heterocycles. The van der Waals surface area contributed by atoms with Crippen LogP contribution >= 0.6 is 11.3 Å². The Bertz CT molecular complexity index is 767. The Morgan fingerprint density at radius 1 is 1.42 bits per heavy atom. The predicted molar refractivity (Wildman–Crippen MR) is 101 cm³/mol. The molecule has 26 heavy (non-hydrogen) atoms. The van der Waals surface area contributed by atoms with Crippen molar-refractivity contribution in [2.75, 3.05) is 13.2 Å². The lowest BCUT2D eigenvalue weighted by molar-refractivity contribution is 0.0503. The molecule has 0 N–H and O–H groups in total. The normalized spacial score (nSPS) is 16.7. The number of nitrogens with zero attached hydrogens (tertiary/aromatic N) is 3. The fraction of sp³-hybridized carbons (Fsp3) is 0.526. The Hall–Kier alpha value is -1.99. The summed E-state index contributed by atoms with van der Waals surface area (Å²) in [6, 6.07) is 6.98. The summed E-state index contributed by atoms with van der Waals surface area (Å²) in [5.41, 5.74) is 0.147. The summed E-state index contributed by atoms with van der Waals surface area (Å²) in [4.78, 5) is 28.0. The third kappa shape index (κ3) is 4.80. The third-order valence-electron chi connectivity index (χ3n) is 4.47. The number of hydrogen-bond donors (Lipinski definition) is 0. The maximum absolute atomic E-state index is 13.1. The lowest BCUT2D eigenvalue weighted by atomic mass is 10.2. The number of aromatic nitrogens is 2. The van der Waals surface area contributed by atoms with E-state index in [0.29, 0.717) is 25.3 Å². The van der Waals surface area contributed by atoms with E-state index in [9.17, 15) is 9.59 Å². The Kier molecular flexibility index (Phi) is 6.57. The van der Waals surface area contributed by atoms with Gasteiger partial charge in [-0.2, -0.15) is 5.10 Å². The number of aryl methyl sites for hydroxylation is 1. The zero-order valence-corrected chi connectivity index (χ0v) is 15.9. The highest BCUT2D eigenvalue weighted by Gasteiger charge is 2.25. The van der Waals surface area contributed by atoms with Gasteiger partial charge < -0.3 is 9.64 Å². The quantitative estimate of drug-likeness (QED) is 0.712. The maximum atomic E-state index is 13.1. The van der Waals surface area contributed by atoms with Crippen molar-refractivity contribution >= 4 is 17.2 Å². The molecule has 0 aromatic carbocycles. The van der Waals surface area contributed by atoms with E-state index in [4.69, 9.17) is 4.74 Å². The predicted octanol–water partition coefficient (Wildman–Crippen LogP) is 2.93. The Morgan fingerprint density at radius 3 is 3.00 bits per heavy atom. The highest BCUT2D eigenvalue weighted by atomic mass is 32.1. The molecule has 2 aromatic rings. The standard InChI is InChI=1S/C19H25N3O3S/c1-2-3-10-22-18(23)9-8-17(20-22)19(24)21(13-15-6-4-11-25-15)14-16-7-5-12-26-16/h5,7-9,12,15H,2-4,6,10-11,13-14H2,1H3. The zero-order chi connectivity index (χ0) is 18.4. The number of carbonyl (C=O) groups excluding carboxylic acids is 1. The van der Waals surface area contributed by atoms with Gasteiger partial charge in [0, 0.05) is 30.6 Å². The van der Waals surface area contributed by atoms with Gasteiger partial charge in [0.25, 0.3) is 11.5 Å². The first-order valence-electron chi connectivity index (χ1n) is 9.19. The van der Waals surface area contributed by atoms with Gasteiger partial charge in [0.05, 0.1) is 12.6 Å². The van der Waals surface area contributed by atoms with Crippen molar-refractivity contribution in [1.82, 2.24) is 14.7 Å². The van der Waals surface area contributed by atoms with E-state index in [2.05, 4.69) is 12.0 Å². The summed E-state index contributed by atoms with van der Waals surface area (Å²) in [5.74, 6) is -0.154. The Morgan fingerprint density at radius 2 is 2.31 bits per heavy atom. The number of thiophene rings is 1. The SMILES string of the molecule is CCCCn1nc(C(=O)N(Cc2cccs2)CC2CCCO2)ccc1=O. The molecule has 1 unspecified atom stereocenters. The van der Waals surface area contributed by atoms with Crippen molar-refractivity contribution in [2.45, 2.75) is 51.8 Å². The summed E-state index contributed by atoms with van der Waals surface area (Å²) in [6.07, 6.45) is 3.91. The molecule has 6 nitrogen and oxygen atoms in total. The minimum atomic E-state index is -0.168. The van der Waals surface area contributed by atoms with Crippen LogP contribution in [0.15, 0.2) is 34.4 Å². The lowest BCUT2D eigenvalue weighted by Gasteiger charge is -2.25. The second-order valence-corrected chi connectivity index (χ2v) is 7.57. The van der Waals surface area contributed by atoms with Crippen LogP contribution in [-0.2, 0) is 17.8 Å². The van der Waals surface area contributed by atoms with Gasteiger partial charge in [-0.05, 0) is 36.8 Å². The molecular weight excluding hydrogens is 350 g/mol. The van der Waals surface area contributed by atoms with Crippen molar-refractivity contribution in [2.24, 2.45) is 0 Å². The average Bonchev–Trinajstić information content (AvgIpc) is 3.34. The second-order valence-electron chi connectivity index (χ2n) is 6.53. The van der Waals surface area contributed by atoms with Crippen molar-refractivity contribution < 1.29 is 9.53 Å². The van der Waals surface area contributed by atoms with E-state index in [1.165, 1.54) is 16.8 Å². The van der Waals surface area contributed by atoms with Crippen LogP contribution in [0.3, 0.4) is 0 Å². The van der Waals surface area contributed by atoms with Crippen LogP contribution in [0.25, 0.3) is 0 Å². The number of hydrogen-bond acceptors (Lipinski definition) is 5. The first-order chi connectivity index (χ1) is 12.7. The van der Waals surface area contributed by atoms with E-state index in [0.717, 1.165) is 37.2 Å². The third-order valence-corrected chi connectivity index (χ3v) is 5.33. The lowest BCUT2D eigenvalue weighted by Crippen LogP contribution is -2.38. The molecule has 1 fully saturated rings. The number of unbranched alkanes of at least 4 members (excludes halogenated alkanes) is 1. The van der Waals surface area contributed by atoms with E-state index in [-0.39, 0.29) is 17.6 Å². The van der Waals surface area contributed by atoms with Gasteiger partial charge in [-0.15, -0.1) is 11.3 Å². The molecule has 0 spiro atoms. The summed E-state index contributed by atoms with van der Waals surface area (Å²) >= 11 is 1.63. The molecule has 0 bridgehead atoms. The minimum Gasteiger partial charge on any atom is -0.376 e. The van der Waals surface area contributed by atoms with Crippen LogP contribution in [0.2, 0.25) is 0 Å². The first-order valence-corrected chi connectivity index (χ1v) is 10.1. The molecule has 1 atom stereocenters. The van der Waals surface area contributed by atoms with Gasteiger partial charge in [0.2, 0.25) is 0 Å². The van der Waals surface area contributed by atoms with Crippen LogP contribution in [0, 0.1) is 0 Å². The molecule has 0 saturated carbocycles. The fourth-order valence-electron chi connectivity index (χ4n) is 3.04. The molecule has 7 heteroatoms. The molecule has 140 valence electrons. The highest BCUT2D eigenvalue weighted by Crippen LogP contribution is 2.18. The van der Waals surface area contributed by atoms with Crippen molar-refractivity contribution in [1.29, 1.82) is 0 Å². The summed E-state index contributed by atoms with van der Waals surface area (Å²) in [7, 11) is 0. The van der Waals surface area contributed by atoms with Crippen LogP contribution in [0.1, 0.15) is 48.0 Å². The highest BCUT2D eigenvalue weighted by molar-refractivity contribution is 7.09. The van der Waals surface area contributed by atoms with E-state index >= 15 is 0 Å². The average molecular weight is 375 g/mol. The van der Waals surface area contributed by atoms with Crippen LogP contribution in [-0.4, -0.2) is 39.8 Å².